The molecular weight excluding hydrogens is 326 g/mol. The molecule has 0 aliphatic carbocycles. The van der Waals surface area contributed by atoms with Crippen molar-refractivity contribution < 1.29 is 9.59 Å². The first-order valence-corrected chi connectivity index (χ1v) is 8.84. The Labute approximate surface area is 153 Å². The van der Waals surface area contributed by atoms with E-state index in [1.165, 1.54) is 0 Å². The number of nitrogens with one attached hydrogen (secondary N) is 2. The second-order valence-corrected chi connectivity index (χ2v) is 6.26. The van der Waals surface area contributed by atoms with E-state index < -0.39 is 0 Å². The van der Waals surface area contributed by atoms with Crippen molar-refractivity contribution in [1.82, 2.24) is 10.2 Å². The lowest BCUT2D eigenvalue weighted by molar-refractivity contribution is -0.128. The van der Waals surface area contributed by atoms with Crippen LogP contribution in [0.5, 0.6) is 0 Å². The number of carbonyl (C=O) groups excluding carboxylic acids is 2. The molecule has 1 aliphatic rings. The van der Waals surface area contributed by atoms with E-state index in [1.807, 2.05) is 71.6 Å². The van der Waals surface area contributed by atoms with Gasteiger partial charge in [0.25, 0.3) is 0 Å². The summed E-state index contributed by atoms with van der Waals surface area (Å²) < 4.78 is 0. The van der Waals surface area contributed by atoms with E-state index in [1.54, 1.807) is 0 Å². The number of likely N-dealkylation sites (tertiary alicyclic amines) is 1. The lowest BCUT2D eigenvalue weighted by Gasteiger charge is -2.15. The van der Waals surface area contributed by atoms with E-state index in [9.17, 15) is 9.59 Å². The third-order valence-electron chi connectivity index (χ3n) is 4.25. The Balaban J connectivity index is 1.42. The van der Waals surface area contributed by atoms with Crippen LogP contribution in [0.4, 0.5) is 10.5 Å². The second-order valence-electron chi connectivity index (χ2n) is 6.26. The highest BCUT2D eigenvalue weighted by molar-refractivity contribution is 5.89. The first-order valence-electron chi connectivity index (χ1n) is 8.84. The summed E-state index contributed by atoms with van der Waals surface area (Å²) in [6.07, 6.45) is 5.47. The zero-order valence-corrected chi connectivity index (χ0v) is 14.7. The van der Waals surface area contributed by atoms with Crippen LogP contribution in [0.3, 0.4) is 0 Å². The molecule has 26 heavy (non-hydrogen) atoms. The molecule has 5 nitrogen and oxygen atoms in total. The van der Waals surface area contributed by atoms with Gasteiger partial charge in [-0.05, 0) is 29.7 Å². The Morgan fingerprint density at radius 1 is 1.08 bits per heavy atom. The van der Waals surface area contributed by atoms with Gasteiger partial charge in [0.15, 0.2) is 0 Å². The fourth-order valence-electron chi connectivity index (χ4n) is 2.87. The molecule has 0 saturated carbocycles. The SMILES string of the molecule is O=C(NC/C=C\c1ccccc1)Nc1ccc(CN2CCCC2=O)cc1. The van der Waals surface area contributed by atoms with Gasteiger partial charge < -0.3 is 15.5 Å². The third kappa shape index (κ3) is 5.21. The van der Waals surface area contributed by atoms with E-state index in [-0.39, 0.29) is 11.9 Å². The fraction of sp³-hybridized carbons (Fsp3) is 0.238. The Hall–Kier alpha value is -3.08. The molecule has 2 aromatic carbocycles. The number of nitrogens with zero attached hydrogens (tertiary/aromatic N) is 1. The van der Waals surface area contributed by atoms with Crippen molar-refractivity contribution in [1.29, 1.82) is 0 Å². The van der Waals surface area contributed by atoms with Gasteiger partial charge >= 0.3 is 6.03 Å². The molecule has 0 bridgehead atoms. The zero-order chi connectivity index (χ0) is 18.2. The topological polar surface area (TPSA) is 61.4 Å². The minimum Gasteiger partial charge on any atom is -0.338 e. The maximum Gasteiger partial charge on any atom is 0.319 e. The molecule has 1 heterocycles. The highest BCUT2D eigenvalue weighted by atomic mass is 16.2. The highest BCUT2D eigenvalue weighted by Crippen LogP contribution is 2.16. The van der Waals surface area contributed by atoms with Crippen LogP contribution in [0.15, 0.2) is 60.7 Å². The van der Waals surface area contributed by atoms with Crippen LogP contribution >= 0.6 is 0 Å². The third-order valence-corrected chi connectivity index (χ3v) is 4.25. The largest absolute Gasteiger partial charge is 0.338 e. The molecular formula is C21H23N3O2. The lowest BCUT2D eigenvalue weighted by Crippen LogP contribution is -2.28. The van der Waals surface area contributed by atoms with E-state index >= 15 is 0 Å². The van der Waals surface area contributed by atoms with Crippen LogP contribution in [0.1, 0.15) is 24.0 Å². The van der Waals surface area contributed by atoms with Gasteiger partial charge in [0.05, 0.1) is 0 Å². The van der Waals surface area contributed by atoms with Crippen LogP contribution in [0.2, 0.25) is 0 Å². The average molecular weight is 349 g/mol. The molecule has 0 atom stereocenters. The summed E-state index contributed by atoms with van der Waals surface area (Å²) in [4.78, 5) is 25.5. The molecule has 1 fully saturated rings. The van der Waals surface area contributed by atoms with E-state index in [4.69, 9.17) is 0 Å². The van der Waals surface area contributed by atoms with Crippen LogP contribution < -0.4 is 10.6 Å². The number of amides is 3. The molecule has 1 saturated heterocycles. The summed E-state index contributed by atoms with van der Waals surface area (Å²) >= 11 is 0. The quantitative estimate of drug-likeness (QED) is 0.836. The predicted octanol–water partition coefficient (Wildman–Crippen LogP) is 3.64. The molecule has 0 aromatic heterocycles. The number of anilines is 1. The molecule has 0 unspecified atom stereocenters. The molecule has 2 aromatic rings. The van der Waals surface area contributed by atoms with Crippen molar-refractivity contribution in [3.8, 4) is 0 Å². The van der Waals surface area contributed by atoms with Gasteiger partial charge in [0, 0.05) is 31.7 Å². The van der Waals surface area contributed by atoms with E-state index in [2.05, 4.69) is 10.6 Å². The minimum atomic E-state index is -0.245. The monoisotopic (exact) mass is 349 g/mol. The Morgan fingerprint density at radius 3 is 2.54 bits per heavy atom. The maximum absolute atomic E-state index is 11.9. The second kappa shape index (κ2) is 8.85. The predicted molar refractivity (Wildman–Crippen MR) is 104 cm³/mol. The first kappa shape index (κ1) is 17.7. The van der Waals surface area contributed by atoms with Gasteiger partial charge in [0.1, 0.15) is 0 Å². The van der Waals surface area contributed by atoms with Crippen molar-refractivity contribution in [2.24, 2.45) is 0 Å². The van der Waals surface area contributed by atoms with Crippen LogP contribution in [0, 0.1) is 0 Å². The number of rotatable bonds is 6. The first-order chi connectivity index (χ1) is 12.7. The summed E-state index contributed by atoms with van der Waals surface area (Å²) in [6.45, 7) is 1.92. The highest BCUT2D eigenvalue weighted by Gasteiger charge is 2.19. The summed E-state index contributed by atoms with van der Waals surface area (Å²) in [7, 11) is 0. The molecule has 5 heteroatoms. The van der Waals surface area contributed by atoms with Crippen molar-refractivity contribution in [3.05, 3.63) is 71.8 Å². The smallest absolute Gasteiger partial charge is 0.319 e. The van der Waals surface area contributed by atoms with Crippen molar-refractivity contribution >= 4 is 23.7 Å². The van der Waals surface area contributed by atoms with Gasteiger partial charge in [-0.25, -0.2) is 4.79 Å². The van der Waals surface area contributed by atoms with E-state index in [0.29, 0.717) is 19.5 Å². The maximum atomic E-state index is 11.9. The summed E-state index contributed by atoms with van der Waals surface area (Å²) in [5, 5.41) is 5.60. The molecule has 1 aliphatic heterocycles. The number of hydrogen-bond donors (Lipinski definition) is 2. The number of urea groups is 1. The van der Waals surface area contributed by atoms with E-state index in [0.717, 1.165) is 29.8 Å². The lowest BCUT2D eigenvalue weighted by atomic mass is 10.2. The van der Waals surface area contributed by atoms with Crippen LogP contribution in [-0.4, -0.2) is 29.9 Å². The summed E-state index contributed by atoms with van der Waals surface area (Å²) in [5.74, 6) is 0.218. The molecule has 3 rings (SSSR count). The van der Waals surface area contributed by atoms with Crippen molar-refractivity contribution in [3.63, 3.8) is 0 Å². The van der Waals surface area contributed by atoms with Crippen LogP contribution in [0.25, 0.3) is 6.08 Å². The van der Waals surface area contributed by atoms with Gasteiger partial charge in [-0.15, -0.1) is 0 Å². The zero-order valence-electron chi connectivity index (χ0n) is 14.7. The molecule has 0 spiro atoms. The van der Waals surface area contributed by atoms with Crippen molar-refractivity contribution in [2.75, 3.05) is 18.4 Å². The normalized spacial score (nSPS) is 14.0. The Bertz CT molecular complexity index is 770. The summed E-state index contributed by atoms with van der Waals surface area (Å²) in [6, 6.07) is 17.3. The number of carbonyl (C=O) groups is 2. The molecule has 0 radical (unpaired) electrons. The fourth-order valence-corrected chi connectivity index (χ4v) is 2.87. The summed E-state index contributed by atoms with van der Waals surface area (Å²) in [5.41, 5.74) is 2.89. The Morgan fingerprint density at radius 2 is 1.85 bits per heavy atom. The molecule has 2 N–H and O–H groups in total. The molecule has 134 valence electrons. The Kier molecular flexibility index (Phi) is 6.04. The standard InChI is InChI=1S/C21H23N3O2/c25-20-9-5-15-24(20)16-18-10-12-19(13-11-18)23-21(26)22-14-4-8-17-6-2-1-3-7-17/h1-4,6-8,10-13H,5,9,14-16H2,(H2,22,23,26)/b8-4-. The van der Waals surface area contributed by atoms with Gasteiger partial charge in [0.2, 0.25) is 5.91 Å². The van der Waals surface area contributed by atoms with Gasteiger partial charge in [-0.2, -0.15) is 0 Å². The van der Waals surface area contributed by atoms with Gasteiger partial charge in [-0.1, -0.05) is 54.6 Å². The molecule has 3 amide bonds. The minimum absolute atomic E-state index is 0.218. The van der Waals surface area contributed by atoms with Crippen LogP contribution in [-0.2, 0) is 11.3 Å². The van der Waals surface area contributed by atoms with Crippen molar-refractivity contribution in [2.45, 2.75) is 19.4 Å². The van der Waals surface area contributed by atoms with Gasteiger partial charge in [-0.3, -0.25) is 4.79 Å². The number of hydrogen-bond acceptors (Lipinski definition) is 2. The number of benzene rings is 2. The average Bonchev–Trinajstić information content (AvgIpc) is 3.06.